The van der Waals surface area contributed by atoms with E-state index in [-0.39, 0.29) is 34.8 Å². The fourth-order valence-corrected chi connectivity index (χ4v) is 4.99. The van der Waals surface area contributed by atoms with Gasteiger partial charge < -0.3 is 11.1 Å². The lowest BCUT2D eigenvalue weighted by atomic mass is 9.89. The Morgan fingerprint density at radius 1 is 1.21 bits per heavy atom. The van der Waals surface area contributed by atoms with E-state index in [0.29, 0.717) is 19.6 Å². The molecule has 1 fully saturated rings. The number of hydrogen-bond donors (Lipinski definition) is 2. The van der Waals surface area contributed by atoms with Crippen LogP contribution in [0.1, 0.15) is 18.4 Å². The lowest BCUT2D eigenvalue weighted by Gasteiger charge is -2.17. The molecule has 0 bridgehead atoms. The van der Waals surface area contributed by atoms with Crippen molar-refractivity contribution >= 4 is 34.0 Å². The molecule has 0 aromatic heterocycles. The molecule has 2 aromatic carbocycles. The molecule has 0 unspecified atom stereocenters. The van der Waals surface area contributed by atoms with Crippen molar-refractivity contribution < 1.29 is 17.6 Å². The van der Waals surface area contributed by atoms with E-state index in [1.54, 1.807) is 0 Å². The van der Waals surface area contributed by atoms with Crippen molar-refractivity contribution in [2.45, 2.75) is 17.7 Å². The van der Waals surface area contributed by atoms with E-state index in [4.69, 9.17) is 5.73 Å². The highest BCUT2D eigenvalue weighted by atomic mass is 35.5. The summed E-state index contributed by atoms with van der Waals surface area (Å²) in [6, 6.07) is 13.1. The average molecular weight is 428 g/mol. The van der Waals surface area contributed by atoms with Crippen LogP contribution >= 0.6 is 12.4 Å². The highest BCUT2D eigenvalue weighted by Gasteiger charge is 2.39. The number of anilines is 1. The molecule has 3 rings (SSSR count). The van der Waals surface area contributed by atoms with Crippen LogP contribution in [0.5, 0.6) is 0 Å². The number of rotatable bonds is 5. The molecule has 3 N–H and O–H groups in total. The monoisotopic (exact) mass is 427 g/mol. The number of amides is 1. The summed E-state index contributed by atoms with van der Waals surface area (Å²) >= 11 is 0. The van der Waals surface area contributed by atoms with Gasteiger partial charge in [0.25, 0.3) is 0 Å². The Labute approximate surface area is 170 Å². The minimum absolute atomic E-state index is 0. The van der Waals surface area contributed by atoms with Gasteiger partial charge in [0, 0.05) is 25.9 Å². The van der Waals surface area contributed by atoms with Crippen molar-refractivity contribution in [1.82, 2.24) is 4.31 Å². The summed E-state index contributed by atoms with van der Waals surface area (Å²) in [5.74, 6) is -1.16. The number of nitrogens with one attached hydrogen (secondary N) is 1. The number of benzene rings is 2. The summed E-state index contributed by atoms with van der Waals surface area (Å²) in [5.41, 5.74) is 6.78. The van der Waals surface area contributed by atoms with Crippen LogP contribution in [0.4, 0.5) is 10.1 Å². The van der Waals surface area contributed by atoms with Gasteiger partial charge in [0.2, 0.25) is 15.9 Å². The number of carbonyl (C=O) groups excluding carboxylic acids is 1. The van der Waals surface area contributed by atoms with E-state index in [1.165, 1.54) is 17.3 Å². The van der Waals surface area contributed by atoms with Crippen LogP contribution in [0.25, 0.3) is 0 Å². The quantitative estimate of drug-likeness (QED) is 0.767. The minimum Gasteiger partial charge on any atom is -0.330 e. The lowest BCUT2D eigenvalue weighted by molar-refractivity contribution is -0.114. The smallest absolute Gasteiger partial charge is 0.243 e. The largest absolute Gasteiger partial charge is 0.330 e. The van der Waals surface area contributed by atoms with Gasteiger partial charge in [-0.25, -0.2) is 12.8 Å². The first-order chi connectivity index (χ1) is 12.8. The van der Waals surface area contributed by atoms with Gasteiger partial charge in [-0.3, -0.25) is 4.79 Å². The number of hydrogen-bond acceptors (Lipinski definition) is 4. The fourth-order valence-electron chi connectivity index (χ4n) is 3.44. The lowest BCUT2D eigenvalue weighted by Crippen LogP contribution is -2.30. The third-order valence-corrected chi connectivity index (χ3v) is 6.65. The van der Waals surface area contributed by atoms with Crippen molar-refractivity contribution in [3.8, 4) is 0 Å². The summed E-state index contributed by atoms with van der Waals surface area (Å²) in [6.45, 7) is 2.20. The van der Waals surface area contributed by atoms with Gasteiger partial charge >= 0.3 is 0 Å². The van der Waals surface area contributed by atoms with Crippen LogP contribution in [-0.4, -0.2) is 38.3 Å². The summed E-state index contributed by atoms with van der Waals surface area (Å²) < 4.78 is 41.4. The molecule has 1 aliphatic rings. The molecule has 1 amide bonds. The average Bonchev–Trinajstić information content (AvgIpc) is 3.09. The zero-order valence-corrected chi connectivity index (χ0v) is 17.0. The molecule has 1 heterocycles. The van der Waals surface area contributed by atoms with Crippen molar-refractivity contribution in [2.75, 3.05) is 25.0 Å². The first-order valence-electron chi connectivity index (χ1n) is 8.65. The van der Waals surface area contributed by atoms with Gasteiger partial charge in [0.15, 0.2) is 0 Å². The normalized spacial score (nSPS) is 19.8. The third-order valence-electron chi connectivity index (χ3n) is 4.82. The Balaban J connectivity index is 0.00000280. The SMILES string of the molecule is CC(=O)Nc1cc(S(=O)(=O)N2C[C@@H](CN)[C@H](c3ccccc3)C2)ccc1F.Cl. The molecule has 0 spiro atoms. The molecule has 28 heavy (non-hydrogen) atoms. The molecular formula is C19H23ClFN3O3S. The van der Waals surface area contributed by atoms with Gasteiger partial charge in [-0.1, -0.05) is 30.3 Å². The Bertz CT molecular complexity index is 941. The van der Waals surface area contributed by atoms with E-state index < -0.39 is 21.7 Å². The predicted molar refractivity (Wildman–Crippen MR) is 108 cm³/mol. The molecular weight excluding hydrogens is 405 g/mol. The molecule has 0 aliphatic carbocycles. The van der Waals surface area contributed by atoms with E-state index in [1.807, 2.05) is 30.3 Å². The Morgan fingerprint density at radius 3 is 2.50 bits per heavy atom. The van der Waals surface area contributed by atoms with Crippen LogP contribution in [0, 0.1) is 11.7 Å². The van der Waals surface area contributed by atoms with Gasteiger partial charge in [-0.05, 0) is 36.2 Å². The van der Waals surface area contributed by atoms with E-state index in [9.17, 15) is 17.6 Å². The zero-order valence-electron chi connectivity index (χ0n) is 15.3. The maximum Gasteiger partial charge on any atom is 0.243 e. The number of carbonyl (C=O) groups is 1. The Kier molecular flexibility index (Phi) is 7.16. The van der Waals surface area contributed by atoms with Gasteiger partial charge in [0.1, 0.15) is 5.82 Å². The summed E-state index contributed by atoms with van der Waals surface area (Å²) in [6.07, 6.45) is 0. The third kappa shape index (κ3) is 4.52. The second-order valence-corrected chi connectivity index (χ2v) is 8.60. The number of nitrogens with two attached hydrogens (primary N) is 1. The first-order valence-corrected chi connectivity index (χ1v) is 10.1. The second-order valence-electron chi connectivity index (χ2n) is 6.66. The van der Waals surface area contributed by atoms with Crippen molar-refractivity contribution in [3.05, 3.63) is 59.9 Å². The van der Waals surface area contributed by atoms with Crippen LogP contribution in [0.3, 0.4) is 0 Å². The molecule has 1 aliphatic heterocycles. The summed E-state index contributed by atoms with van der Waals surface area (Å²) in [7, 11) is -3.84. The number of halogens is 2. The highest BCUT2D eigenvalue weighted by Crippen LogP contribution is 2.35. The van der Waals surface area contributed by atoms with E-state index >= 15 is 0 Å². The van der Waals surface area contributed by atoms with Gasteiger partial charge in [-0.2, -0.15) is 4.31 Å². The van der Waals surface area contributed by atoms with E-state index in [0.717, 1.165) is 17.7 Å². The molecule has 0 radical (unpaired) electrons. The standard InChI is InChI=1S/C19H22FN3O3S.ClH/c1-13(24)22-19-9-16(7-8-18(19)20)27(25,26)23-11-15(10-21)17(12-23)14-5-3-2-4-6-14;/h2-9,15,17H,10-12,21H2,1H3,(H,22,24);1H/t15-,17+;/m1./s1. The summed E-state index contributed by atoms with van der Waals surface area (Å²) in [4.78, 5) is 11.2. The molecule has 6 nitrogen and oxygen atoms in total. The zero-order chi connectivity index (χ0) is 19.6. The van der Waals surface area contributed by atoms with Crippen molar-refractivity contribution in [1.29, 1.82) is 0 Å². The molecule has 9 heteroatoms. The van der Waals surface area contributed by atoms with Crippen LogP contribution in [-0.2, 0) is 14.8 Å². The molecule has 0 saturated carbocycles. The van der Waals surface area contributed by atoms with Crippen LogP contribution in [0.2, 0.25) is 0 Å². The first kappa shape index (κ1) is 22.3. The Morgan fingerprint density at radius 2 is 1.89 bits per heavy atom. The molecule has 2 atom stereocenters. The number of sulfonamides is 1. The molecule has 2 aromatic rings. The van der Waals surface area contributed by atoms with Crippen LogP contribution in [0.15, 0.2) is 53.4 Å². The molecule has 152 valence electrons. The topological polar surface area (TPSA) is 92.5 Å². The van der Waals surface area contributed by atoms with Gasteiger partial charge in [0.05, 0.1) is 10.6 Å². The predicted octanol–water partition coefficient (Wildman–Crippen LogP) is 2.57. The second kappa shape index (κ2) is 9.00. The number of nitrogens with zero attached hydrogens (tertiary/aromatic N) is 1. The van der Waals surface area contributed by atoms with Crippen LogP contribution < -0.4 is 11.1 Å². The minimum atomic E-state index is -3.84. The Hall–Kier alpha value is -2.00. The molecule has 1 saturated heterocycles. The van der Waals surface area contributed by atoms with E-state index in [2.05, 4.69) is 5.32 Å². The maximum absolute atomic E-state index is 13.9. The highest BCUT2D eigenvalue weighted by molar-refractivity contribution is 7.89. The maximum atomic E-state index is 13.9. The van der Waals surface area contributed by atoms with Gasteiger partial charge in [-0.15, -0.1) is 12.4 Å². The summed E-state index contributed by atoms with van der Waals surface area (Å²) in [5, 5.41) is 2.31. The fraction of sp³-hybridized carbons (Fsp3) is 0.316. The van der Waals surface area contributed by atoms with Crippen molar-refractivity contribution in [3.63, 3.8) is 0 Å². The van der Waals surface area contributed by atoms with Crippen molar-refractivity contribution in [2.24, 2.45) is 11.7 Å².